The van der Waals surface area contributed by atoms with Crippen LogP contribution in [-0.4, -0.2) is 36.9 Å². The average Bonchev–Trinajstić information content (AvgIpc) is 3.34. The summed E-state index contributed by atoms with van der Waals surface area (Å²) in [6.45, 7) is 6.70. The number of nitrogens with one attached hydrogen (secondary N) is 2. The molecular formula is C61H84N2O6. The summed E-state index contributed by atoms with van der Waals surface area (Å²) in [7, 11) is 0. The van der Waals surface area contributed by atoms with Crippen LogP contribution in [0.3, 0.4) is 0 Å². The van der Waals surface area contributed by atoms with Crippen molar-refractivity contribution in [2.45, 2.75) is 149 Å². The molecule has 8 heteroatoms. The van der Waals surface area contributed by atoms with Crippen molar-refractivity contribution in [2.24, 2.45) is 0 Å². The van der Waals surface area contributed by atoms with E-state index in [2.05, 4.69) is 152 Å². The molecule has 2 amide bonds. The van der Waals surface area contributed by atoms with Crippen LogP contribution in [0.2, 0.25) is 0 Å². The molecular weight excluding hydrogens is 857 g/mol. The van der Waals surface area contributed by atoms with E-state index in [0.717, 1.165) is 83.5 Å². The lowest BCUT2D eigenvalue weighted by atomic mass is 10.1. The third-order valence-corrected chi connectivity index (χ3v) is 9.77. The Bertz CT molecular complexity index is 1950. The number of hydrogen-bond donors (Lipinski definition) is 2. The van der Waals surface area contributed by atoms with Gasteiger partial charge in [-0.2, -0.15) is 0 Å². The van der Waals surface area contributed by atoms with Crippen molar-refractivity contribution in [3.63, 3.8) is 0 Å². The quantitative estimate of drug-likeness (QED) is 0.0294. The number of ether oxygens (including phenoxy) is 2. The van der Waals surface area contributed by atoms with Gasteiger partial charge in [0.1, 0.15) is 11.3 Å². The Labute approximate surface area is 417 Å². The fourth-order valence-corrected chi connectivity index (χ4v) is 6.08. The Hall–Kier alpha value is -6.28. The molecule has 0 aliphatic carbocycles. The minimum absolute atomic E-state index is 0.0290. The average molecular weight is 941 g/mol. The van der Waals surface area contributed by atoms with E-state index in [1.54, 1.807) is 6.07 Å². The summed E-state index contributed by atoms with van der Waals surface area (Å²) in [6.07, 6.45) is 70.5. The number of anilines is 1. The lowest BCUT2D eigenvalue weighted by molar-refractivity contribution is -0.134. The molecule has 2 N–H and O–H groups in total. The van der Waals surface area contributed by atoms with Gasteiger partial charge in [-0.15, -0.1) is 0 Å². The topological polar surface area (TPSA) is 111 Å². The minimum Gasteiger partial charge on any atom is -0.462 e. The third-order valence-electron chi connectivity index (χ3n) is 9.77. The van der Waals surface area contributed by atoms with Gasteiger partial charge in [0.15, 0.2) is 0 Å². The van der Waals surface area contributed by atoms with Gasteiger partial charge in [-0.05, 0) is 127 Å². The molecule has 69 heavy (non-hydrogen) atoms. The number of allylic oxidation sites excluding steroid dienone is 26. The first-order valence-corrected chi connectivity index (χ1v) is 25.4. The lowest BCUT2D eigenvalue weighted by Crippen LogP contribution is -2.25. The zero-order valence-electron chi connectivity index (χ0n) is 42.2. The Morgan fingerprint density at radius 3 is 1.25 bits per heavy atom. The smallest absolute Gasteiger partial charge is 0.342 e. The normalized spacial score (nSPS) is 12.7. The van der Waals surface area contributed by atoms with Crippen LogP contribution >= 0.6 is 0 Å². The van der Waals surface area contributed by atoms with Gasteiger partial charge in [-0.1, -0.05) is 179 Å². The van der Waals surface area contributed by atoms with Gasteiger partial charge in [-0.25, -0.2) is 4.79 Å². The highest BCUT2D eigenvalue weighted by Crippen LogP contribution is 2.25. The molecule has 0 aliphatic rings. The predicted octanol–water partition coefficient (Wildman–Crippen LogP) is 15.9. The number of carbonyl (C=O) groups is 4. The van der Waals surface area contributed by atoms with Crippen LogP contribution in [0.15, 0.2) is 176 Å². The van der Waals surface area contributed by atoms with Crippen molar-refractivity contribution in [3.8, 4) is 5.75 Å². The Morgan fingerprint density at radius 2 is 0.812 bits per heavy atom. The molecule has 1 aromatic carbocycles. The van der Waals surface area contributed by atoms with E-state index in [4.69, 9.17) is 9.47 Å². The molecule has 0 unspecified atom stereocenters. The number of rotatable bonds is 39. The fourth-order valence-electron chi connectivity index (χ4n) is 6.08. The molecule has 0 aromatic heterocycles. The maximum absolute atomic E-state index is 13.3. The monoisotopic (exact) mass is 941 g/mol. The van der Waals surface area contributed by atoms with Crippen LogP contribution in [0.1, 0.15) is 160 Å². The van der Waals surface area contributed by atoms with Crippen molar-refractivity contribution in [3.05, 3.63) is 182 Å². The molecule has 0 saturated carbocycles. The first-order valence-electron chi connectivity index (χ1n) is 25.4. The van der Waals surface area contributed by atoms with Gasteiger partial charge in [-0.3, -0.25) is 14.4 Å². The second-order valence-corrected chi connectivity index (χ2v) is 15.9. The molecule has 0 atom stereocenters. The van der Waals surface area contributed by atoms with Crippen LogP contribution in [-0.2, 0) is 19.1 Å². The number of benzene rings is 1. The number of hydrogen-bond acceptors (Lipinski definition) is 6. The van der Waals surface area contributed by atoms with Crippen LogP contribution in [0.5, 0.6) is 5.75 Å². The van der Waals surface area contributed by atoms with E-state index in [1.165, 1.54) is 12.1 Å². The van der Waals surface area contributed by atoms with E-state index in [1.807, 2.05) is 37.3 Å². The van der Waals surface area contributed by atoms with Crippen molar-refractivity contribution in [2.75, 3.05) is 18.5 Å². The van der Waals surface area contributed by atoms with Crippen LogP contribution in [0, 0.1) is 0 Å². The summed E-state index contributed by atoms with van der Waals surface area (Å²) in [4.78, 5) is 51.1. The Kier molecular flexibility index (Phi) is 41.2. The molecule has 0 heterocycles. The molecule has 0 fully saturated rings. The second kappa shape index (κ2) is 46.8. The summed E-state index contributed by atoms with van der Waals surface area (Å²) in [5.41, 5.74) is 0.421. The van der Waals surface area contributed by atoms with Crippen LogP contribution in [0.4, 0.5) is 5.69 Å². The van der Waals surface area contributed by atoms with E-state index < -0.39 is 11.9 Å². The summed E-state index contributed by atoms with van der Waals surface area (Å²) < 4.78 is 11.2. The van der Waals surface area contributed by atoms with E-state index >= 15 is 0 Å². The van der Waals surface area contributed by atoms with Gasteiger partial charge >= 0.3 is 11.9 Å². The number of esters is 2. The largest absolute Gasteiger partial charge is 0.462 e. The highest BCUT2D eigenvalue weighted by atomic mass is 16.5. The van der Waals surface area contributed by atoms with Gasteiger partial charge in [0.2, 0.25) is 11.8 Å². The predicted molar refractivity (Wildman–Crippen MR) is 292 cm³/mol. The molecule has 374 valence electrons. The van der Waals surface area contributed by atoms with Crippen LogP contribution in [0.25, 0.3) is 0 Å². The molecule has 1 rings (SSSR count). The highest BCUT2D eigenvalue weighted by Gasteiger charge is 2.18. The maximum atomic E-state index is 13.3. The summed E-state index contributed by atoms with van der Waals surface area (Å²) >= 11 is 0. The van der Waals surface area contributed by atoms with E-state index in [0.29, 0.717) is 44.3 Å². The molecule has 0 radical (unpaired) electrons. The van der Waals surface area contributed by atoms with Gasteiger partial charge in [0, 0.05) is 31.5 Å². The number of amides is 2. The molecule has 0 bridgehead atoms. The van der Waals surface area contributed by atoms with Crippen molar-refractivity contribution in [1.82, 2.24) is 5.32 Å². The standard InChI is InChI=1S/C61H84N2O6/c1-4-7-10-13-15-17-19-21-23-25-27-29-31-33-35-37-39-41-44-47-58(64)62-52-46-53-68-61(67)56-54-55(63-59(65)48-43-12-9-6-3)50-51-57(56)69-60(66)49-45-42-40-38-36-34-32-30-28-26-24-22-20-18-16-14-11-8-5-2/h7-12,15-18,21-24,27-30,33-36,39-42,50-51,54H,4-6,13-14,19-20,25-26,31-32,37-38,43-49,52-53H2,1-3H3,(H,62,64)(H,63,65)/b10-7-,11-8-,12-9+,17-15-,18-16-,23-21-,24-22-,29-27-,30-28-,35-33-,36-34-,41-39+,42-40+. The summed E-state index contributed by atoms with van der Waals surface area (Å²) in [5, 5.41) is 5.69. The molecule has 0 spiro atoms. The molecule has 1 aromatic rings. The Morgan fingerprint density at radius 1 is 0.449 bits per heavy atom. The van der Waals surface area contributed by atoms with Crippen LogP contribution < -0.4 is 15.4 Å². The molecule has 0 aliphatic heterocycles. The summed E-state index contributed by atoms with van der Waals surface area (Å²) in [5.74, 6) is -1.41. The van der Waals surface area contributed by atoms with Gasteiger partial charge in [0.05, 0.1) is 6.61 Å². The first-order chi connectivity index (χ1) is 33.9. The SMILES string of the molecule is CC/C=C\C/C=C\C/C=C\C/C=C\C/C=C\C/C=C/CCC(=O)NCCCOC(=O)c1cc(NC(=O)CC/C=C/CC)ccc1OC(=O)CC/C=C/C/C=C\C/C=C\C/C=C\C/C=C\C/C=C\CC. The fraction of sp³-hybridized carbons (Fsp3) is 0.410. The highest BCUT2D eigenvalue weighted by molar-refractivity contribution is 5.97. The van der Waals surface area contributed by atoms with Gasteiger partial charge in [0.25, 0.3) is 0 Å². The van der Waals surface area contributed by atoms with Crippen molar-refractivity contribution < 1.29 is 28.7 Å². The van der Waals surface area contributed by atoms with Crippen molar-refractivity contribution in [1.29, 1.82) is 0 Å². The first kappa shape index (κ1) is 60.7. The summed E-state index contributed by atoms with van der Waals surface area (Å²) in [6, 6.07) is 4.56. The van der Waals surface area contributed by atoms with E-state index in [9.17, 15) is 19.2 Å². The van der Waals surface area contributed by atoms with E-state index in [-0.39, 0.29) is 42.6 Å². The minimum atomic E-state index is -0.694. The zero-order chi connectivity index (χ0) is 49.9. The molecule has 8 nitrogen and oxygen atoms in total. The maximum Gasteiger partial charge on any atom is 0.342 e. The van der Waals surface area contributed by atoms with Crippen molar-refractivity contribution >= 4 is 29.4 Å². The lowest BCUT2D eigenvalue weighted by Gasteiger charge is -2.13. The Balaban J connectivity index is 2.48. The zero-order valence-corrected chi connectivity index (χ0v) is 42.2. The number of carbonyl (C=O) groups excluding carboxylic acids is 4. The van der Waals surface area contributed by atoms with Gasteiger partial charge < -0.3 is 20.1 Å². The third kappa shape index (κ3) is 39.4. The second-order valence-electron chi connectivity index (χ2n) is 15.9. The molecule has 0 saturated heterocycles.